The van der Waals surface area contributed by atoms with Crippen LogP contribution < -0.4 is 0 Å². The minimum Gasteiger partial charge on any atom is -0.449 e. The van der Waals surface area contributed by atoms with E-state index < -0.39 is 37.2 Å². The normalized spacial score (nSPS) is 20.7. The van der Waals surface area contributed by atoms with Gasteiger partial charge in [0.2, 0.25) is 0 Å². The molecular weight excluding hydrogens is 474 g/mol. The zero-order chi connectivity index (χ0) is 22.7. The Balaban J connectivity index is 2.51. The Bertz CT molecular complexity index is 1000. The van der Waals surface area contributed by atoms with E-state index in [2.05, 4.69) is 4.40 Å². The molecular formula is C17H26ClN3O6S3. The summed E-state index contributed by atoms with van der Waals surface area (Å²) < 4.78 is 59.5. The van der Waals surface area contributed by atoms with Gasteiger partial charge in [-0.1, -0.05) is 0 Å². The molecule has 1 amide bonds. The number of halogens is 1. The molecule has 0 saturated carbocycles. The number of nitrogens with zero attached hydrogens (tertiary/aromatic N) is 3. The highest BCUT2D eigenvalue weighted by atomic mass is 35.5. The average Bonchev–Trinajstić information content (AvgIpc) is 3.13. The van der Waals surface area contributed by atoms with Crippen LogP contribution in [0.5, 0.6) is 0 Å². The summed E-state index contributed by atoms with van der Waals surface area (Å²) in [5.41, 5.74) is 0.285. The molecule has 0 fully saturated rings. The van der Waals surface area contributed by atoms with Gasteiger partial charge in [-0.15, -0.1) is 27.3 Å². The van der Waals surface area contributed by atoms with E-state index in [0.717, 1.165) is 6.34 Å². The molecule has 1 aromatic heterocycles. The van der Waals surface area contributed by atoms with Crippen molar-refractivity contribution in [1.29, 1.82) is 0 Å². The molecule has 0 saturated heterocycles. The number of fused-ring (bicyclic) bond motifs is 1. The number of carbonyl (C=O) groups is 1. The molecule has 2 rings (SSSR count). The third-order valence-electron chi connectivity index (χ3n) is 4.53. The molecule has 0 aromatic carbocycles. The molecule has 30 heavy (non-hydrogen) atoms. The second-order valence-corrected chi connectivity index (χ2v) is 12.9. The first-order valence-corrected chi connectivity index (χ1v) is 13.6. The number of sulfonamides is 1. The predicted molar refractivity (Wildman–Crippen MR) is 117 cm³/mol. The zero-order valence-electron chi connectivity index (χ0n) is 17.2. The number of carbonyl (C=O) groups excluding carboxylic acids is 1. The second kappa shape index (κ2) is 9.84. The number of hydrogen-bond acceptors (Lipinski definition) is 7. The molecule has 13 heteroatoms. The first-order valence-electron chi connectivity index (χ1n) is 9.29. The Hall–Kier alpha value is -1.37. The smallest absolute Gasteiger partial charge is 0.410 e. The van der Waals surface area contributed by atoms with Gasteiger partial charge in [0.05, 0.1) is 17.9 Å². The van der Waals surface area contributed by atoms with Gasteiger partial charge in [-0.3, -0.25) is 0 Å². The Kier molecular flexibility index (Phi) is 8.16. The first kappa shape index (κ1) is 24.9. The van der Waals surface area contributed by atoms with Crippen LogP contribution in [0.1, 0.15) is 38.3 Å². The molecule has 0 aliphatic carbocycles. The van der Waals surface area contributed by atoms with Crippen LogP contribution >= 0.6 is 22.9 Å². The quantitative estimate of drug-likeness (QED) is 0.234. The lowest BCUT2D eigenvalue weighted by Crippen LogP contribution is -2.40. The van der Waals surface area contributed by atoms with E-state index in [0.29, 0.717) is 23.6 Å². The minimum atomic E-state index is -4.08. The fourth-order valence-corrected chi connectivity index (χ4v) is 7.97. The summed E-state index contributed by atoms with van der Waals surface area (Å²) in [6.45, 7) is 3.72. The predicted octanol–water partition coefficient (Wildman–Crippen LogP) is 2.72. The van der Waals surface area contributed by atoms with Gasteiger partial charge < -0.3 is 14.5 Å². The van der Waals surface area contributed by atoms with Gasteiger partial charge in [0.15, 0.2) is 9.84 Å². The topological polar surface area (TPSA) is 113 Å². The summed E-state index contributed by atoms with van der Waals surface area (Å²) in [7, 11) is -4.55. The van der Waals surface area contributed by atoms with Crippen molar-refractivity contribution in [3.63, 3.8) is 0 Å². The Morgan fingerprint density at radius 2 is 2.10 bits per heavy atom. The van der Waals surface area contributed by atoms with Crippen molar-refractivity contribution < 1.29 is 26.4 Å². The van der Waals surface area contributed by atoms with E-state index in [1.165, 1.54) is 15.9 Å². The van der Waals surface area contributed by atoms with E-state index >= 15 is 0 Å². The fourth-order valence-electron chi connectivity index (χ4n) is 2.98. The van der Waals surface area contributed by atoms with Crippen LogP contribution in [-0.2, 0) is 24.6 Å². The number of hydrogen-bond donors (Lipinski definition) is 0. The molecule has 1 aromatic rings. The summed E-state index contributed by atoms with van der Waals surface area (Å²) in [5, 5.41) is -0.779. The summed E-state index contributed by atoms with van der Waals surface area (Å²) in [6, 6.07) is 0.690. The molecule has 1 aliphatic heterocycles. The highest BCUT2D eigenvalue weighted by Crippen LogP contribution is 2.45. The SMILES string of the molecule is CCN(C(=O)OCCCCl)[C@H]1CC(C)S(=O)(=O)c2sc(S(=O)(=O)N=CN(C)C)cc21. The lowest BCUT2D eigenvalue weighted by Gasteiger charge is -2.35. The fraction of sp³-hybridized carbons (Fsp3) is 0.647. The largest absolute Gasteiger partial charge is 0.449 e. The van der Waals surface area contributed by atoms with Crippen LogP contribution in [-0.4, -0.2) is 77.4 Å². The zero-order valence-corrected chi connectivity index (χ0v) is 20.4. The molecule has 0 radical (unpaired) electrons. The number of alkyl halides is 1. The van der Waals surface area contributed by atoms with Crippen molar-refractivity contribution in [1.82, 2.24) is 9.80 Å². The van der Waals surface area contributed by atoms with E-state index in [9.17, 15) is 21.6 Å². The number of thiophene rings is 1. The molecule has 9 nitrogen and oxygen atoms in total. The molecule has 1 unspecified atom stereocenters. The molecule has 1 aliphatic rings. The number of amides is 1. The van der Waals surface area contributed by atoms with Gasteiger partial charge in [0.1, 0.15) is 14.8 Å². The van der Waals surface area contributed by atoms with E-state index in [1.807, 2.05) is 0 Å². The van der Waals surface area contributed by atoms with Crippen LogP contribution in [0, 0.1) is 0 Å². The Labute approximate surface area is 186 Å². The van der Waals surface area contributed by atoms with Gasteiger partial charge in [0, 0.05) is 32.1 Å². The summed E-state index contributed by atoms with van der Waals surface area (Å²) in [6.07, 6.45) is 1.18. The summed E-state index contributed by atoms with van der Waals surface area (Å²) in [5.74, 6) is 0.349. The molecule has 0 spiro atoms. The van der Waals surface area contributed by atoms with Crippen LogP contribution in [0.3, 0.4) is 0 Å². The molecule has 0 bridgehead atoms. The van der Waals surface area contributed by atoms with Crippen LogP contribution in [0.25, 0.3) is 0 Å². The highest BCUT2D eigenvalue weighted by Gasteiger charge is 2.43. The lowest BCUT2D eigenvalue weighted by atomic mass is 10.0. The first-order chi connectivity index (χ1) is 14.0. The van der Waals surface area contributed by atoms with Crippen molar-refractivity contribution >= 4 is 55.2 Å². The van der Waals surface area contributed by atoms with Crippen LogP contribution in [0.4, 0.5) is 4.79 Å². The van der Waals surface area contributed by atoms with E-state index in [-0.39, 0.29) is 33.6 Å². The van der Waals surface area contributed by atoms with Crippen molar-refractivity contribution in [2.24, 2.45) is 4.40 Å². The third kappa shape index (κ3) is 5.27. The molecule has 170 valence electrons. The third-order valence-corrected chi connectivity index (χ3v) is 10.4. The Morgan fingerprint density at radius 3 is 2.67 bits per heavy atom. The van der Waals surface area contributed by atoms with Gasteiger partial charge in [0.25, 0.3) is 10.0 Å². The number of ether oxygens (including phenoxy) is 1. The maximum atomic E-state index is 12.9. The van der Waals surface area contributed by atoms with Gasteiger partial charge in [-0.05, 0) is 32.8 Å². The highest BCUT2D eigenvalue weighted by molar-refractivity contribution is 7.96. The average molecular weight is 500 g/mol. The minimum absolute atomic E-state index is 0.0445. The van der Waals surface area contributed by atoms with Gasteiger partial charge in [-0.25, -0.2) is 13.2 Å². The number of rotatable bonds is 8. The monoisotopic (exact) mass is 499 g/mol. The van der Waals surface area contributed by atoms with Crippen molar-refractivity contribution in [2.45, 2.75) is 46.4 Å². The van der Waals surface area contributed by atoms with E-state index in [1.54, 1.807) is 27.9 Å². The van der Waals surface area contributed by atoms with Crippen molar-refractivity contribution in [2.75, 3.05) is 33.1 Å². The maximum Gasteiger partial charge on any atom is 0.410 e. The Morgan fingerprint density at radius 1 is 1.43 bits per heavy atom. The summed E-state index contributed by atoms with van der Waals surface area (Å²) >= 11 is 6.28. The number of sulfone groups is 1. The maximum absolute atomic E-state index is 12.9. The van der Waals surface area contributed by atoms with Crippen molar-refractivity contribution in [3.05, 3.63) is 11.6 Å². The van der Waals surface area contributed by atoms with Crippen molar-refractivity contribution in [3.8, 4) is 0 Å². The molecule has 2 heterocycles. The van der Waals surface area contributed by atoms with Crippen LogP contribution in [0.15, 0.2) is 18.9 Å². The standard InChI is InChI=1S/C17H26ClN3O6S3/c1-5-21(17(22)27-8-6-7-18)14-9-12(2)29(23,24)16-13(14)10-15(28-16)30(25,26)19-11-20(3)4/h10-12,14H,5-9H2,1-4H3/t12?,14-/m0/s1. The van der Waals surface area contributed by atoms with Gasteiger partial charge in [-0.2, -0.15) is 8.42 Å². The molecule has 2 atom stereocenters. The van der Waals surface area contributed by atoms with Gasteiger partial charge >= 0.3 is 6.09 Å². The lowest BCUT2D eigenvalue weighted by molar-refractivity contribution is 0.0852. The second-order valence-electron chi connectivity index (χ2n) is 7.02. The summed E-state index contributed by atoms with van der Waals surface area (Å²) in [4.78, 5) is 15.5. The van der Waals surface area contributed by atoms with Crippen LogP contribution in [0.2, 0.25) is 0 Å². The van der Waals surface area contributed by atoms with E-state index in [4.69, 9.17) is 16.3 Å². The molecule has 0 N–H and O–H groups in total.